The van der Waals surface area contributed by atoms with E-state index in [2.05, 4.69) is 28.7 Å². The Hall–Kier alpha value is -1.03. The number of anilines is 1. The van der Waals surface area contributed by atoms with Gasteiger partial charge in [-0.15, -0.1) is 0 Å². The van der Waals surface area contributed by atoms with E-state index >= 15 is 0 Å². The van der Waals surface area contributed by atoms with Crippen LogP contribution in [-0.2, 0) is 6.54 Å². The van der Waals surface area contributed by atoms with E-state index in [0.717, 1.165) is 25.6 Å². The van der Waals surface area contributed by atoms with Crippen LogP contribution in [0, 0.1) is 5.92 Å². The van der Waals surface area contributed by atoms with Crippen LogP contribution in [0.15, 0.2) is 6.20 Å². The molecular weight excluding hydrogens is 176 g/mol. The Bertz CT molecular complexity index is 316. The first-order valence-corrected chi connectivity index (χ1v) is 5.21. The molecule has 0 amide bonds. The van der Waals surface area contributed by atoms with Crippen molar-refractivity contribution >= 4 is 5.95 Å². The molecular formula is C10H18N4. The lowest BCUT2D eigenvalue weighted by Crippen LogP contribution is -2.33. The molecule has 1 aromatic rings. The maximum atomic E-state index is 5.68. The second kappa shape index (κ2) is 3.61. The van der Waals surface area contributed by atoms with Crippen molar-refractivity contribution in [1.82, 2.24) is 9.55 Å². The fraction of sp³-hybridized carbons (Fsp3) is 0.700. The molecule has 1 aliphatic rings. The zero-order valence-corrected chi connectivity index (χ0v) is 8.83. The number of aromatic nitrogens is 2. The molecule has 1 atom stereocenters. The molecule has 0 radical (unpaired) electrons. The predicted octanol–water partition coefficient (Wildman–Crippen LogP) is 1.01. The lowest BCUT2D eigenvalue weighted by molar-refractivity contribution is 0.437. The van der Waals surface area contributed by atoms with E-state index in [9.17, 15) is 0 Å². The number of nitrogens with two attached hydrogens (primary N) is 1. The molecule has 14 heavy (non-hydrogen) atoms. The molecule has 4 heteroatoms. The standard InChI is InChI=1S/C10H18N4/c1-7(2)9-5-13-10-12-4-8(3-11)6-14(9)10/h5,7-8H,3-4,6,11H2,1-2H3,(H,12,13). The maximum absolute atomic E-state index is 5.68. The highest BCUT2D eigenvalue weighted by Crippen LogP contribution is 2.23. The lowest BCUT2D eigenvalue weighted by atomic mass is 10.1. The van der Waals surface area contributed by atoms with E-state index < -0.39 is 0 Å². The Morgan fingerprint density at radius 1 is 1.71 bits per heavy atom. The van der Waals surface area contributed by atoms with Gasteiger partial charge in [0.2, 0.25) is 5.95 Å². The summed E-state index contributed by atoms with van der Waals surface area (Å²) in [4.78, 5) is 4.36. The van der Waals surface area contributed by atoms with Crippen LogP contribution in [0.1, 0.15) is 25.5 Å². The van der Waals surface area contributed by atoms with Gasteiger partial charge in [0, 0.05) is 24.7 Å². The fourth-order valence-corrected chi connectivity index (χ4v) is 1.90. The minimum absolute atomic E-state index is 0.523. The van der Waals surface area contributed by atoms with Gasteiger partial charge >= 0.3 is 0 Å². The van der Waals surface area contributed by atoms with E-state index in [4.69, 9.17) is 5.73 Å². The van der Waals surface area contributed by atoms with Gasteiger partial charge in [0.05, 0.1) is 6.20 Å². The summed E-state index contributed by atoms with van der Waals surface area (Å²) in [7, 11) is 0. The van der Waals surface area contributed by atoms with Gasteiger partial charge in [-0.25, -0.2) is 4.98 Å². The molecule has 0 aromatic carbocycles. The zero-order valence-electron chi connectivity index (χ0n) is 8.83. The van der Waals surface area contributed by atoms with Crippen LogP contribution in [0.5, 0.6) is 0 Å². The van der Waals surface area contributed by atoms with E-state index in [0.29, 0.717) is 11.8 Å². The van der Waals surface area contributed by atoms with E-state index in [1.807, 2.05) is 6.20 Å². The quantitative estimate of drug-likeness (QED) is 0.738. The number of imidazole rings is 1. The summed E-state index contributed by atoms with van der Waals surface area (Å²) in [5.74, 6) is 2.06. The molecule has 1 aliphatic heterocycles. The van der Waals surface area contributed by atoms with Gasteiger partial charge in [-0.3, -0.25) is 0 Å². The largest absolute Gasteiger partial charge is 0.355 e. The van der Waals surface area contributed by atoms with Crippen LogP contribution < -0.4 is 11.1 Å². The Labute approximate surface area is 84.5 Å². The molecule has 2 heterocycles. The summed E-state index contributed by atoms with van der Waals surface area (Å²) in [5, 5.41) is 3.31. The Morgan fingerprint density at radius 3 is 3.14 bits per heavy atom. The average molecular weight is 194 g/mol. The Morgan fingerprint density at radius 2 is 2.50 bits per heavy atom. The number of nitrogens with one attached hydrogen (secondary N) is 1. The highest BCUT2D eigenvalue weighted by atomic mass is 15.2. The second-order valence-electron chi connectivity index (χ2n) is 4.25. The molecule has 0 spiro atoms. The van der Waals surface area contributed by atoms with Crippen LogP contribution in [0.25, 0.3) is 0 Å². The van der Waals surface area contributed by atoms with Gasteiger partial charge in [-0.05, 0) is 12.5 Å². The van der Waals surface area contributed by atoms with Gasteiger partial charge in [-0.2, -0.15) is 0 Å². The van der Waals surface area contributed by atoms with Gasteiger partial charge in [0.1, 0.15) is 0 Å². The van der Waals surface area contributed by atoms with Crippen LogP contribution in [-0.4, -0.2) is 22.6 Å². The highest BCUT2D eigenvalue weighted by Gasteiger charge is 2.20. The third kappa shape index (κ3) is 1.50. The molecule has 0 aliphatic carbocycles. The Balaban J connectivity index is 2.28. The number of hydrogen-bond acceptors (Lipinski definition) is 3. The van der Waals surface area contributed by atoms with Crippen molar-refractivity contribution in [3.05, 3.63) is 11.9 Å². The maximum Gasteiger partial charge on any atom is 0.203 e. The average Bonchev–Trinajstić information content (AvgIpc) is 2.59. The Kier molecular flexibility index (Phi) is 2.46. The minimum atomic E-state index is 0.523. The van der Waals surface area contributed by atoms with Crippen molar-refractivity contribution in [3.63, 3.8) is 0 Å². The molecule has 4 nitrogen and oxygen atoms in total. The zero-order chi connectivity index (χ0) is 10.1. The van der Waals surface area contributed by atoms with E-state index in [-0.39, 0.29) is 0 Å². The summed E-state index contributed by atoms with van der Waals surface area (Å²) in [6.07, 6.45) is 1.96. The van der Waals surface area contributed by atoms with Gasteiger partial charge in [0.15, 0.2) is 0 Å². The lowest BCUT2D eigenvalue weighted by Gasteiger charge is -2.26. The third-order valence-electron chi connectivity index (χ3n) is 2.80. The summed E-state index contributed by atoms with van der Waals surface area (Å²) in [6, 6.07) is 0. The SMILES string of the molecule is CC(C)c1cnc2n1CC(CN)CN2. The number of fused-ring (bicyclic) bond motifs is 1. The summed E-state index contributed by atoms with van der Waals surface area (Å²) in [5.41, 5.74) is 6.98. The van der Waals surface area contributed by atoms with Crippen LogP contribution in [0.2, 0.25) is 0 Å². The fourth-order valence-electron chi connectivity index (χ4n) is 1.90. The molecule has 3 N–H and O–H groups in total. The van der Waals surface area contributed by atoms with Crippen molar-refractivity contribution in [3.8, 4) is 0 Å². The molecule has 0 fully saturated rings. The van der Waals surface area contributed by atoms with Crippen molar-refractivity contribution in [1.29, 1.82) is 0 Å². The van der Waals surface area contributed by atoms with Crippen molar-refractivity contribution in [2.75, 3.05) is 18.4 Å². The first kappa shape index (κ1) is 9.52. The third-order valence-corrected chi connectivity index (χ3v) is 2.80. The molecule has 0 bridgehead atoms. The highest BCUT2D eigenvalue weighted by molar-refractivity contribution is 5.32. The molecule has 1 aromatic heterocycles. The molecule has 2 rings (SSSR count). The summed E-state index contributed by atoms with van der Waals surface area (Å²) in [6.45, 7) is 7.08. The van der Waals surface area contributed by atoms with Gasteiger partial charge in [0.25, 0.3) is 0 Å². The van der Waals surface area contributed by atoms with Crippen LogP contribution in [0.4, 0.5) is 5.95 Å². The number of hydrogen-bond donors (Lipinski definition) is 2. The monoisotopic (exact) mass is 194 g/mol. The normalized spacial score (nSPS) is 20.7. The molecule has 78 valence electrons. The van der Waals surface area contributed by atoms with Crippen molar-refractivity contribution < 1.29 is 0 Å². The van der Waals surface area contributed by atoms with E-state index in [1.165, 1.54) is 5.69 Å². The minimum Gasteiger partial charge on any atom is -0.355 e. The predicted molar refractivity (Wildman–Crippen MR) is 57.4 cm³/mol. The molecule has 0 saturated carbocycles. The van der Waals surface area contributed by atoms with Crippen LogP contribution >= 0.6 is 0 Å². The molecule has 0 saturated heterocycles. The smallest absolute Gasteiger partial charge is 0.203 e. The first-order valence-electron chi connectivity index (χ1n) is 5.21. The second-order valence-corrected chi connectivity index (χ2v) is 4.25. The van der Waals surface area contributed by atoms with Gasteiger partial charge in [-0.1, -0.05) is 13.8 Å². The van der Waals surface area contributed by atoms with Crippen molar-refractivity contribution in [2.45, 2.75) is 26.3 Å². The number of rotatable bonds is 2. The van der Waals surface area contributed by atoms with Crippen LogP contribution in [0.3, 0.4) is 0 Å². The topological polar surface area (TPSA) is 55.9 Å². The summed E-state index contributed by atoms with van der Waals surface area (Å²) < 4.78 is 2.26. The molecule has 1 unspecified atom stereocenters. The summed E-state index contributed by atoms with van der Waals surface area (Å²) >= 11 is 0. The van der Waals surface area contributed by atoms with Crippen molar-refractivity contribution in [2.24, 2.45) is 11.7 Å². The first-order chi connectivity index (χ1) is 6.72. The van der Waals surface area contributed by atoms with E-state index in [1.54, 1.807) is 0 Å². The van der Waals surface area contributed by atoms with Gasteiger partial charge < -0.3 is 15.6 Å². The number of nitrogens with zero attached hydrogens (tertiary/aromatic N) is 2.